The number of nitrogens with two attached hydrogens (primary N) is 1. The van der Waals surface area contributed by atoms with Crippen molar-refractivity contribution in [3.05, 3.63) is 29.8 Å². The van der Waals surface area contributed by atoms with Crippen molar-refractivity contribution < 1.29 is 9.59 Å². The van der Waals surface area contributed by atoms with Gasteiger partial charge in [-0.25, -0.2) is 0 Å². The average Bonchev–Trinajstić information content (AvgIpc) is 3.29. The van der Waals surface area contributed by atoms with E-state index in [4.69, 9.17) is 5.73 Å². The van der Waals surface area contributed by atoms with Crippen molar-refractivity contribution in [1.82, 2.24) is 5.32 Å². The van der Waals surface area contributed by atoms with Gasteiger partial charge in [-0.2, -0.15) is 0 Å². The Bertz CT molecular complexity index is 513. The van der Waals surface area contributed by atoms with Crippen LogP contribution in [0.3, 0.4) is 0 Å². The lowest BCUT2D eigenvalue weighted by Gasteiger charge is -2.16. The van der Waals surface area contributed by atoms with E-state index >= 15 is 0 Å². The van der Waals surface area contributed by atoms with Crippen LogP contribution in [0.5, 0.6) is 0 Å². The molecule has 1 atom stereocenters. The molecule has 1 fully saturated rings. The zero-order chi connectivity index (χ0) is 15.4. The van der Waals surface area contributed by atoms with Gasteiger partial charge in [0.25, 0.3) is 5.91 Å². The molecule has 1 saturated carbocycles. The first kappa shape index (κ1) is 18.5. The van der Waals surface area contributed by atoms with E-state index in [2.05, 4.69) is 10.6 Å². The number of carbonyl (C=O) groups excluding carboxylic acids is 2. The summed E-state index contributed by atoms with van der Waals surface area (Å²) in [6, 6.07) is 6.98. The van der Waals surface area contributed by atoms with Crippen LogP contribution in [0.1, 0.15) is 37.0 Å². The highest BCUT2D eigenvalue weighted by Crippen LogP contribution is 2.32. The largest absolute Gasteiger partial charge is 0.348 e. The standard InChI is InChI=1S/C16H23N3O2.ClH/c1-10(2)15(20)18-13-7-5-12(6-8-13)16(21)19-14(9-17)11-3-4-11;/h5-8,10-11,14H,3-4,9,17H2,1-2H3,(H,18,20)(H,19,21);1H. The first-order valence-corrected chi connectivity index (χ1v) is 7.43. The molecule has 1 aliphatic carbocycles. The molecule has 1 unspecified atom stereocenters. The van der Waals surface area contributed by atoms with Crippen molar-refractivity contribution in [3.8, 4) is 0 Å². The second-order valence-electron chi connectivity index (χ2n) is 5.87. The summed E-state index contributed by atoms with van der Waals surface area (Å²) >= 11 is 0. The summed E-state index contributed by atoms with van der Waals surface area (Å²) < 4.78 is 0. The topological polar surface area (TPSA) is 84.2 Å². The average molecular weight is 326 g/mol. The summed E-state index contributed by atoms with van der Waals surface area (Å²) in [6.07, 6.45) is 2.28. The van der Waals surface area contributed by atoms with E-state index in [1.807, 2.05) is 13.8 Å². The maximum absolute atomic E-state index is 12.1. The number of rotatable bonds is 6. The minimum atomic E-state index is -0.112. The number of anilines is 1. The molecule has 2 amide bonds. The summed E-state index contributed by atoms with van der Waals surface area (Å²) in [5.74, 6) is 0.309. The first-order valence-electron chi connectivity index (χ1n) is 7.43. The molecule has 2 rings (SSSR count). The zero-order valence-corrected chi connectivity index (χ0v) is 13.8. The summed E-state index contributed by atoms with van der Waals surface area (Å²) in [7, 11) is 0. The Hall–Kier alpha value is -1.59. The number of nitrogens with one attached hydrogen (secondary N) is 2. The van der Waals surface area contributed by atoms with Gasteiger partial charge in [-0.1, -0.05) is 13.8 Å². The van der Waals surface area contributed by atoms with Crippen molar-refractivity contribution in [3.63, 3.8) is 0 Å². The Labute approximate surface area is 137 Å². The maximum atomic E-state index is 12.1. The molecule has 0 aliphatic heterocycles. The summed E-state index contributed by atoms with van der Waals surface area (Å²) in [4.78, 5) is 23.7. The maximum Gasteiger partial charge on any atom is 0.251 e. The lowest BCUT2D eigenvalue weighted by Crippen LogP contribution is -2.41. The van der Waals surface area contributed by atoms with Crippen molar-refractivity contribution >= 4 is 29.9 Å². The van der Waals surface area contributed by atoms with Gasteiger partial charge in [0.05, 0.1) is 0 Å². The van der Waals surface area contributed by atoms with Gasteiger partial charge in [-0.15, -0.1) is 12.4 Å². The molecule has 1 aliphatic rings. The van der Waals surface area contributed by atoms with Gasteiger partial charge < -0.3 is 16.4 Å². The summed E-state index contributed by atoms with van der Waals surface area (Å²) in [5.41, 5.74) is 6.96. The number of benzene rings is 1. The molecule has 4 N–H and O–H groups in total. The molecule has 122 valence electrons. The van der Waals surface area contributed by atoms with Crippen LogP contribution in [0.4, 0.5) is 5.69 Å². The molecule has 0 saturated heterocycles. The third-order valence-electron chi connectivity index (χ3n) is 3.70. The highest BCUT2D eigenvalue weighted by Gasteiger charge is 2.31. The van der Waals surface area contributed by atoms with Crippen molar-refractivity contribution in [1.29, 1.82) is 0 Å². The van der Waals surface area contributed by atoms with Crippen LogP contribution >= 0.6 is 12.4 Å². The fourth-order valence-corrected chi connectivity index (χ4v) is 2.11. The number of carbonyl (C=O) groups is 2. The minimum Gasteiger partial charge on any atom is -0.348 e. The first-order chi connectivity index (χ1) is 10.0. The molecule has 22 heavy (non-hydrogen) atoms. The highest BCUT2D eigenvalue weighted by atomic mass is 35.5. The van der Waals surface area contributed by atoms with Gasteiger partial charge in [0, 0.05) is 29.8 Å². The van der Waals surface area contributed by atoms with Crippen LogP contribution in [0, 0.1) is 11.8 Å². The van der Waals surface area contributed by atoms with Crippen molar-refractivity contribution in [2.75, 3.05) is 11.9 Å². The Kier molecular flexibility index (Phi) is 6.84. The summed E-state index contributed by atoms with van der Waals surface area (Å²) in [5, 5.41) is 5.77. The predicted octanol–water partition coefficient (Wildman–Crippen LogP) is 2.17. The normalized spacial score (nSPS) is 14.9. The van der Waals surface area contributed by atoms with E-state index in [0.717, 1.165) is 12.8 Å². The number of hydrogen-bond acceptors (Lipinski definition) is 3. The molecule has 1 aromatic rings. The van der Waals surface area contributed by atoms with Crippen LogP contribution < -0.4 is 16.4 Å². The lowest BCUT2D eigenvalue weighted by molar-refractivity contribution is -0.118. The van der Waals surface area contributed by atoms with Crippen LogP contribution in [-0.2, 0) is 4.79 Å². The number of hydrogen-bond donors (Lipinski definition) is 3. The molecule has 1 aromatic carbocycles. The van der Waals surface area contributed by atoms with Gasteiger partial charge in [0.15, 0.2) is 0 Å². The monoisotopic (exact) mass is 325 g/mol. The van der Waals surface area contributed by atoms with E-state index in [9.17, 15) is 9.59 Å². The molecular formula is C16H24ClN3O2. The van der Waals surface area contributed by atoms with Crippen molar-refractivity contribution in [2.24, 2.45) is 17.6 Å². The number of halogens is 1. The van der Waals surface area contributed by atoms with E-state index in [0.29, 0.717) is 23.7 Å². The van der Waals surface area contributed by atoms with Crippen LogP contribution in [0.2, 0.25) is 0 Å². The quantitative estimate of drug-likeness (QED) is 0.749. The Balaban J connectivity index is 0.00000242. The van der Waals surface area contributed by atoms with Crippen LogP contribution in [-0.4, -0.2) is 24.4 Å². The molecule has 6 heteroatoms. The highest BCUT2D eigenvalue weighted by molar-refractivity contribution is 5.96. The van der Waals surface area contributed by atoms with Gasteiger partial charge in [0.2, 0.25) is 5.91 Å². The van der Waals surface area contributed by atoms with E-state index in [-0.39, 0.29) is 36.2 Å². The zero-order valence-electron chi connectivity index (χ0n) is 13.0. The van der Waals surface area contributed by atoms with Gasteiger partial charge in [-0.05, 0) is 43.0 Å². The molecule has 0 aromatic heterocycles. The van der Waals surface area contributed by atoms with Gasteiger partial charge in [-0.3, -0.25) is 9.59 Å². The van der Waals surface area contributed by atoms with E-state index in [1.165, 1.54) is 0 Å². The van der Waals surface area contributed by atoms with Crippen LogP contribution in [0.25, 0.3) is 0 Å². The Morgan fingerprint density at radius 2 is 1.82 bits per heavy atom. The Morgan fingerprint density at radius 3 is 2.27 bits per heavy atom. The predicted molar refractivity (Wildman–Crippen MR) is 90.2 cm³/mol. The van der Waals surface area contributed by atoms with Crippen LogP contribution in [0.15, 0.2) is 24.3 Å². The van der Waals surface area contributed by atoms with Gasteiger partial charge >= 0.3 is 0 Å². The molecule has 5 nitrogen and oxygen atoms in total. The fraction of sp³-hybridized carbons (Fsp3) is 0.500. The fourth-order valence-electron chi connectivity index (χ4n) is 2.11. The smallest absolute Gasteiger partial charge is 0.251 e. The van der Waals surface area contributed by atoms with Crippen molar-refractivity contribution in [2.45, 2.75) is 32.7 Å². The minimum absolute atomic E-state index is 0. The molecular weight excluding hydrogens is 302 g/mol. The summed E-state index contributed by atoms with van der Waals surface area (Å²) in [6.45, 7) is 4.14. The SMILES string of the molecule is CC(C)C(=O)Nc1ccc(C(=O)NC(CN)C2CC2)cc1.Cl. The molecule has 0 heterocycles. The van der Waals surface area contributed by atoms with Gasteiger partial charge in [0.1, 0.15) is 0 Å². The molecule has 0 radical (unpaired) electrons. The van der Waals surface area contributed by atoms with E-state index in [1.54, 1.807) is 24.3 Å². The molecule has 0 spiro atoms. The third-order valence-corrected chi connectivity index (χ3v) is 3.70. The second kappa shape index (κ2) is 8.15. The van der Waals surface area contributed by atoms with E-state index < -0.39 is 0 Å². The molecule has 0 bridgehead atoms. The third kappa shape index (κ3) is 5.00. The number of amides is 2. The Morgan fingerprint density at radius 1 is 1.23 bits per heavy atom. The second-order valence-corrected chi connectivity index (χ2v) is 5.87. The lowest BCUT2D eigenvalue weighted by atomic mass is 10.1.